The van der Waals surface area contributed by atoms with E-state index in [1.165, 1.54) is 5.56 Å². The standard InChI is InChI=1S/C15H17NO3/c1-12-4-6-13(7-5-12)16(9-8-15(17)18)11-14-3-2-10-19-14/h2-7,10H,8-9,11H2,1H3,(H,17,18). The van der Waals surface area contributed by atoms with Crippen LogP contribution in [0.25, 0.3) is 0 Å². The molecule has 0 saturated heterocycles. The Morgan fingerprint density at radius 2 is 2.00 bits per heavy atom. The van der Waals surface area contributed by atoms with Gasteiger partial charge in [0.2, 0.25) is 0 Å². The van der Waals surface area contributed by atoms with Crippen LogP contribution in [-0.4, -0.2) is 17.6 Å². The van der Waals surface area contributed by atoms with E-state index in [4.69, 9.17) is 9.52 Å². The second-order valence-corrected chi connectivity index (χ2v) is 4.48. The summed E-state index contributed by atoms with van der Waals surface area (Å²) in [6, 6.07) is 11.8. The number of hydrogen-bond donors (Lipinski definition) is 1. The van der Waals surface area contributed by atoms with Gasteiger partial charge in [0.05, 0.1) is 19.2 Å². The van der Waals surface area contributed by atoms with Gasteiger partial charge in [-0.3, -0.25) is 4.79 Å². The van der Waals surface area contributed by atoms with Crippen LogP contribution in [-0.2, 0) is 11.3 Å². The number of rotatable bonds is 6. The van der Waals surface area contributed by atoms with Crippen molar-refractivity contribution in [1.82, 2.24) is 0 Å². The molecule has 0 fully saturated rings. The van der Waals surface area contributed by atoms with E-state index in [1.54, 1.807) is 6.26 Å². The molecule has 1 aromatic heterocycles. The summed E-state index contributed by atoms with van der Waals surface area (Å²) in [4.78, 5) is 12.7. The van der Waals surface area contributed by atoms with Crippen molar-refractivity contribution >= 4 is 11.7 Å². The van der Waals surface area contributed by atoms with E-state index >= 15 is 0 Å². The molecule has 2 aromatic rings. The first-order chi connectivity index (χ1) is 9.15. The maximum atomic E-state index is 10.7. The Hall–Kier alpha value is -2.23. The zero-order chi connectivity index (χ0) is 13.7. The number of aliphatic carboxylic acids is 1. The zero-order valence-corrected chi connectivity index (χ0v) is 10.9. The van der Waals surface area contributed by atoms with Crippen molar-refractivity contribution in [2.45, 2.75) is 19.9 Å². The first-order valence-corrected chi connectivity index (χ1v) is 6.21. The van der Waals surface area contributed by atoms with E-state index in [0.717, 1.165) is 11.4 Å². The van der Waals surface area contributed by atoms with E-state index in [1.807, 2.05) is 48.2 Å². The van der Waals surface area contributed by atoms with Crippen molar-refractivity contribution in [3.63, 3.8) is 0 Å². The van der Waals surface area contributed by atoms with Gasteiger partial charge in [-0.1, -0.05) is 17.7 Å². The molecule has 0 atom stereocenters. The highest BCUT2D eigenvalue weighted by Gasteiger charge is 2.10. The summed E-state index contributed by atoms with van der Waals surface area (Å²) < 4.78 is 5.33. The topological polar surface area (TPSA) is 53.7 Å². The van der Waals surface area contributed by atoms with E-state index in [0.29, 0.717) is 13.1 Å². The average molecular weight is 259 g/mol. The van der Waals surface area contributed by atoms with E-state index in [-0.39, 0.29) is 6.42 Å². The molecule has 4 nitrogen and oxygen atoms in total. The molecular formula is C15H17NO3. The number of hydrogen-bond acceptors (Lipinski definition) is 3. The molecule has 4 heteroatoms. The van der Waals surface area contributed by atoms with Crippen LogP contribution in [0.1, 0.15) is 17.7 Å². The third kappa shape index (κ3) is 3.88. The number of furan rings is 1. The van der Waals surface area contributed by atoms with Crippen LogP contribution in [0.2, 0.25) is 0 Å². The largest absolute Gasteiger partial charge is 0.481 e. The lowest BCUT2D eigenvalue weighted by molar-refractivity contribution is -0.136. The van der Waals surface area contributed by atoms with Gasteiger partial charge >= 0.3 is 5.97 Å². The molecule has 0 aliphatic heterocycles. The quantitative estimate of drug-likeness (QED) is 0.866. The van der Waals surface area contributed by atoms with Gasteiger partial charge < -0.3 is 14.4 Å². The molecule has 0 saturated carbocycles. The number of aryl methyl sites for hydroxylation is 1. The fourth-order valence-electron chi connectivity index (χ4n) is 1.88. The van der Waals surface area contributed by atoms with Crippen molar-refractivity contribution < 1.29 is 14.3 Å². The highest BCUT2D eigenvalue weighted by molar-refractivity contribution is 5.67. The van der Waals surface area contributed by atoms with E-state index in [9.17, 15) is 4.79 Å². The zero-order valence-electron chi connectivity index (χ0n) is 10.9. The predicted molar refractivity (Wildman–Crippen MR) is 73.2 cm³/mol. The highest BCUT2D eigenvalue weighted by Crippen LogP contribution is 2.18. The fourth-order valence-corrected chi connectivity index (χ4v) is 1.88. The van der Waals surface area contributed by atoms with Crippen molar-refractivity contribution in [3.05, 3.63) is 54.0 Å². The number of carboxylic acid groups (broad SMARTS) is 1. The number of anilines is 1. The number of nitrogens with zero attached hydrogens (tertiary/aromatic N) is 1. The lowest BCUT2D eigenvalue weighted by Gasteiger charge is -2.23. The van der Waals surface area contributed by atoms with Crippen molar-refractivity contribution in [1.29, 1.82) is 0 Å². The minimum atomic E-state index is -0.795. The van der Waals surface area contributed by atoms with Gasteiger partial charge in [0, 0.05) is 12.2 Å². The molecule has 0 unspecified atom stereocenters. The second-order valence-electron chi connectivity index (χ2n) is 4.48. The summed E-state index contributed by atoms with van der Waals surface area (Å²) in [7, 11) is 0. The first-order valence-electron chi connectivity index (χ1n) is 6.21. The number of carboxylic acids is 1. The fraction of sp³-hybridized carbons (Fsp3) is 0.267. The molecule has 0 aliphatic rings. The van der Waals surface area contributed by atoms with Gasteiger partial charge in [-0.05, 0) is 31.2 Å². The first kappa shape index (κ1) is 13.2. The Morgan fingerprint density at radius 3 is 2.58 bits per heavy atom. The number of carbonyl (C=O) groups is 1. The van der Waals surface area contributed by atoms with E-state index < -0.39 is 5.97 Å². The molecule has 1 aromatic carbocycles. The Kier molecular flexibility index (Phi) is 4.23. The van der Waals surface area contributed by atoms with Gasteiger partial charge in [0.25, 0.3) is 0 Å². The van der Waals surface area contributed by atoms with Crippen LogP contribution in [0.3, 0.4) is 0 Å². The molecule has 2 rings (SSSR count). The summed E-state index contributed by atoms with van der Waals surface area (Å²) in [5.74, 6) is 0.0301. The summed E-state index contributed by atoms with van der Waals surface area (Å²) in [5.41, 5.74) is 2.18. The highest BCUT2D eigenvalue weighted by atomic mass is 16.4. The molecule has 100 valence electrons. The molecule has 0 bridgehead atoms. The van der Waals surface area contributed by atoms with Gasteiger partial charge in [0.15, 0.2) is 0 Å². The van der Waals surface area contributed by atoms with Crippen LogP contribution in [0.15, 0.2) is 47.1 Å². The lowest BCUT2D eigenvalue weighted by atomic mass is 10.2. The second kappa shape index (κ2) is 6.09. The Bertz CT molecular complexity index is 517. The Labute approximate surface area is 112 Å². The van der Waals surface area contributed by atoms with Crippen molar-refractivity contribution in [2.24, 2.45) is 0 Å². The van der Waals surface area contributed by atoms with Crippen molar-refractivity contribution in [2.75, 3.05) is 11.4 Å². The van der Waals surface area contributed by atoms with Crippen molar-refractivity contribution in [3.8, 4) is 0 Å². The van der Waals surface area contributed by atoms with Crippen LogP contribution < -0.4 is 4.90 Å². The van der Waals surface area contributed by atoms with Crippen LogP contribution in [0.5, 0.6) is 0 Å². The average Bonchev–Trinajstić information content (AvgIpc) is 2.88. The van der Waals surface area contributed by atoms with Crippen LogP contribution in [0, 0.1) is 6.92 Å². The molecular weight excluding hydrogens is 242 g/mol. The normalized spacial score (nSPS) is 10.4. The Morgan fingerprint density at radius 1 is 1.26 bits per heavy atom. The predicted octanol–water partition coefficient (Wildman–Crippen LogP) is 3.07. The molecule has 19 heavy (non-hydrogen) atoms. The van der Waals surface area contributed by atoms with Crippen LogP contribution in [0.4, 0.5) is 5.69 Å². The molecule has 0 aliphatic carbocycles. The summed E-state index contributed by atoms with van der Waals surface area (Å²) in [6.07, 6.45) is 1.73. The minimum Gasteiger partial charge on any atom is -0.481 e. The summed E-state index contributed by atoms with van der Waals surface area (Å²) in [6.45, 7) is 3.06. The van der Waals surface area contributed by atoms with Gasteiger partial charge in [-0.25, -0.2) is 0 Å². The third-order valence-corrected chi connectivity index (χ3v) is 2.92. The molecule has 0 radical (unpaired) electrons. The monoisotopic (exact) mass is 259 g/mol. The molecule has 1 heterocycles. The third-order valence-electron chi connectivity index (χ3n) is 2.92. The molecule has 0 amide bonds. The van der Waals surface area contributed by atoms with Gasteiger partial charge in [-0.15, -0.1) is 0 Å². The van der Waals surface area contributed by atoms with Gasteiger partial charge in [-0.2, -0.15) is 0 Å². The van der Waals surface area contributed by atoms with Crippen LogP contribution >= 0.6 is 0 Å². The van der Waals surface area contributed by atoms with Gasteiger partial charge in [0.1, 0.15) is 5.76 Å². The molecule has 1 N–H and O–H groups in total. The maximum absolute atomic E-state index is 10.7. The minimum absolute atomic E-state index is 0.106. The van der Waals surface area contributed by atoms with E-state index in [2.05, 4.69) is 0 Å². The SMILES string of the molecule is Cc1ccc(N(CCC(=O)O)Cc2ccco2)cc1. The lowest BCUT2D eigenvalue weighted by Crippen LogP contribution is -2.25. The number of benzene rings is 1. The summed E-state index contributed by atoms with van der Waals surface area (Å²) >= 11 is 0. The molecule has 0 spiro atoms. The smallest absolute Gasteiger partial charge is 0.305 e. The maximum Gasteiger partial charge on any atom is 0.305 e. The Balaban J connectivity index is 2.13. The summed E-state index contributed by atoms with van der Waals surface area (Å²) in [5, 5.41) is 8.83.